The Morgan fingerprint density at radius 1 is 1.28 bits per heavy atom. The number of carbonyl (C=O) groups excluding carboxylic acids is 1. The van der Waals surface area contributed by atoms with Crippen molar-refractivity contribution in [2.75, 3.05) is 38.0 Å². The van der Waals surface area contributed by atoms with E-state index in [4.69, 9.17) is 15.2 Å². The number of benzene rings is 1. The molecule has 0 aliphatic rings. The van der Waals surface area contributed by atoms with Crippen LogP contribution in [0.2, 0.25) is 0 Å². The number of nitrogens with one attached hydrogen (secondary N) is 1. The minimum Gasteiger partial charge on any atom is -0.397 e. The van der Waals surface area contributed by atoms with E-state index in [0.29, 0.717) is 24.6 Å². The third-order valence-corrected chi connectivity index (χ3v) is 2.60. The lowest BCUT2D eigenvalue weighted by molar-refractivity contribution is -0.121. The first kappa shape index (κ1) is 14.5. The number of aryl methyl sites for hydroxylation is 2. The molecule has 0 unspecified atom stereocenters. The number of carbonyl (C=O) groups is 1. The fourth-order valence-corrected chi connectivity index (χ4v) is 1.44. The number of hydrogen-bond acceptors (Lipinski definition) is 4. The van der Waals surface area contributed by atoms with E-state index < -0.39 is 0 Å². The van der Waals surface area contributed by atoms with Crippen molar-refractivity contribution in [1.82, 2.24) is 0 Å². The Kier molecular flexibility index (Phi) is 5.61. The van der Waals surface area contributed by atoms with Gasteiger partial charge in [0.25, 0.3) is 0 Å². The molecule has 18 heavy (non-hydrogen) atoms. The first-order valence-corrected chi connectivity index (χ1v) is 5.78. The van der Waals surface area contributed by atoms with Gasteiger partial charge in [-0.3, -0.25) is 4.79 Å². The fraction of sp³-hybridized carbons (Fsp3) is 0.462. The molecule has 100 valence electrons. The number of amides is 1. The second-order valence-corrected chi connectivity index (χ2v) is 4.12. The Balaban J connectivity index is 2.51. The van der Waals surface area contributed by atoms with Gasteiger partial charge in [-0.05, 0) is 37.1 Å². The van der Waals surface area contributed by atoms with Gasteiger partial charge >= 0.3 is 0 Å². The van der Waals surface area contributed by atoms with Crippen LogP contribution in [-0.4, -0.2) is 32.8 Å². The maximum atomic E-state index is 11.6. The molecule has 0 bridgehead atoms. The molecule has 0 spiro atoms. The molecule has 0 aliphatic carbocycles. The zero-order valence-electron chi connectivity index (χ0n) is 11.1. The van der Waals surface area contributed by atoms with Crippen LogP contribution in [0.5, 0.6) is 0 Å². The number of nitrogen functional groups attached to an aromatic ring is 1. The van der Waals surface area contributed by atoms with Crippen LogP contribution in [0.25, 0.3) is 0 Å². The molecule has 0 aromatic heterocycles. The number of hydrogen-bond donors (Lipinski definition) is 2. The van der Waals surface area contributed by atoms with Crippen LogP contribution < -0.4 is 11.1 Å². The van der Waals surface area contributed by atoms with Crippen molar-refractivity contribution >= 4 is 17.3 Å². The molecule has 1 rings (SSSR count). The van der Waals surface area contributed by atoms with Crippen molar-refractivity contribution in [2.45, 2.75) is 13.8 Å². The molecule has 5 nitrogen and oxygen atoms in total. The Hall–Kier alpha value is -1.59. The summed E-state index contributed by atoms with van der Waals surface area (Å²) in [7, 11) is 1.58. The molecule has 0 saturated carbocycles. The average Bonchev–Trinajstić information content (AvgIpc) is 2.32. The van der Waals surface area contributed by atoms with Gasteiger partial charge in [-0.1, -0.05) is 0 Å². The van der Waals surface area contributed by atoms with E-state index in [1.54, 1.807) is 7.11 Å². The molecule has 0 saturated heterocycles. The van der Waals surface area contributed by atoms with Crippen LogP contribution in [-0.2, 0) is 14.3 Å². The predicted octanol–water partition coefficient (Wildman–Crippen LogP) is 1.49. The topological polar surface area (TPSA) is 73.6 Å². The molecule has 0 aliphatic heterocycles. The Morgan fingerprint density at radius 3 is 2.61 bits per heavy atom. The van der Waals surface area contributed by atoms with Crippen LogP contribution >= 0.6 is 0 Å². The summed E-state index contributed by atoms with van der Waals surface area (Å²) in [5.74, 6) is -0.221. The highest BCUT2D eigenvalue weighted by atomic mass is 16.5. The Bertz CT molecular complexity index is 419. The van der Waals surface area contributed by atoms with Gasteiger partial charge in [0.15, 0.2) is 0 Å². The van der Waals surface area contributed by atoms with E-state index in [1.165, 1.54) is 0 Å². The summed E-state index contributed by atoms with van der Waals surface area (Å²) in [5.41, 5.74) is 9.20. The molecular formula is C13H20N2O3. The Labute approximate surface area is 107 Å². The van der Waals surface area contributed by atoms with Crippen molar-refractivity contribution in [3.63, 3.8) is 0 Å². The summed E-state index contributed by atoms with van der Waals surface area (Å²) in [6, 6.07) is 3.70. The second kappa shape index (κ2) is 6.98. The van der Waals surface area contributed by atoms with Gasteiger partial charge in [0.1, 0.15) is 6.61 Å². The highest BCUT2D eigenvalue weighted by Gasteiger charge is 2.07. The van der Waals surface area contributed by atoms with Crippen LogP contribution in [0, 0.1) is 13.8 Å². The summed E-state index contributed by atoms with van der Waals surface area (Å²) in [5, 5.41) is 2.73. The summed E-state index contributed by atoms with van der Waals surface area (Å²) < 4.78 is 9.94. The highest BCUT2D eigenvalue weighted by molar-refractivity contribution is 5.94. The van der Waals surface area contributed by atoms with Crippen LogP contribution in [0.3, 0.4) is 0 Å². The van der Waals surface area contributed by atoms with Crippen molar-refractivity contribution in [3.8, 4) is 0 Å². The summed E-state index contributed by atoms with van der Waals surface area (Å²) >= 11 is 0. The molecule has 1 aromatic rings. The lowest BCUT2D eigenvalue weighted by Crippen LogP contribution is -2.20. The molecule has 1 amide bonds. The fourth-order valence-electron chi connectivity index (χ4n) is 1.44. The smallest absolute Gasteiger partial charge is 0.250 e. The lowest BCUT2D eigenvalue weighted by atomic mass is 10.1. The van der Waals surface area contributed by atoms with Crippen molar-refractivity contribution in [3.05, 3.63) is 23.3 Å². The van der Waals surface area contributed by atoms with Gasteiger partial charge in [0, 0.05) is 7.11 Å². The molecule has 0 radical (unpaired) electrons. The standard InChI is InChI=1S/C13H20N2O3/c1-9-6-11(14)12(7-10(9)2)15-13(16)8-18-5-4-17-3/h6-7H,4-5,8,14H2,1-3H3,(H,15,16). The highest BCUT2D eigenvalue weighted by Crippen LogP contribution is 2.22. The van der Waals surface area contributed by atoms with E-state index in [9.17, 15) is 4.79 Å². The zero-order valence-corrected chi connectivity index (χ0v) is 11.1. The largest absolute Gasteiger partial charge is 0.397 e. The zero-order chi connectivity index (χ0) is 13.5. The molecule has 0 atom stereocenters. The Morgan fingerprint density at radius 2 is 1.94 bits per heavy atom. The van der Waals surface area contributed by atoms with Gasteiger partial charge in [0.2, 0.25) is 5.91 Å². The predicted molar refractivity (Wildman–Crippen MR) is 71.7 cm³/mol. The number of rotatable bonds is 6. The first-order valence-electron chi connectivity index (χ1n) is 5.78. The van der Waals surface area contributed by atoms with Gasteiger partial charge in [0.05, 0.1) is 24.6 Å². The van der Waals surface area contributed by atoms with Gasteiger partial charge in [-0.25, -0.2) is 0 Å². The third-order valence-electron chi connectivity index (χ3n) is 2.60. The van der Waals surface area contributed by atoms with E-state index in [0.717, 1.165) is 11.1 Å². The molecule has 0 heterocycles. The number of ether oxygens (including phenoxy) is 2. The number of nitrogens with two attached hydrogens (primary N) is 1. The van der Waals surface area contributed by atoms with Crippen molar-refractivity contribution < 1.29 is 14.3 Å². The average molecular weight is 252 g/mol. The minimum absolute atomic E-state index is 0.00424. The van der Waals surface area contributed by atoms with Crippen molar-refractivity contribution in [2.24, 2.45) is 0 Å². The van der Waals surface area contributed by atoms with Gasteiger partial charge < -0.3 is 20.5 Å². The van der Waals surface area contributed by atoms with Crippen molar-refractivity contribution in [1.29, 1.82) is 0 Å². The molecule has 1 aromatic carbocycles. The molecule has 3 N–H and O–H groups in total. The SMILES string of the molecule is COCCOCC(=O)Nc1cc(C)c(C)cc1N. The van der Waals surface area contributed by atoms with Crippen LogP contribution in [0.15, 0.2) is 12.1 Å². The van der Waals surface area contributed by atoms with E-state index in [-0.39, 0.29) is 12.5 Å². The monoisotopic (exact) mass is 252 g/mol. The third kappa shape index (κ3) is 4.35. The summed E-state index contributed by atoms with van der Waals surface area (Å²) in [4.78, 5) is 11.6. The van der Waals surface area contributed by atoms with E-state index in [1.807, 2.05) is 26.0 Å². The molecular weight excluding hydrogens is 232 g/mol. The number of methoxy groups -OCH3 is 1. The first-order chi connectivity index (χ1) is 8.54. The van der Waals surface area contributed by atoms with Gasteiger partial charge in [-0.2, -0.15) is 0 Å². The number of anilines is 2. The van der Waals surface area contributed by atoms with Crippen LogP contribution in [0.1, 0.15) is 11.1 Å². The minimum atomic E-state index is -0.221. The summed E-state index contributed by atoms with van der Waals surface area (Å²) in [6.45, 7) is 4.81. The molecule has 0 fully saturated rings. The van der Waals surface area contributed by atoms with Gasteiger partial charge in [-0.15, -0.1) is 0 Å². The normalized spacial score (nSPS) is 10.4. The lowest BCUT2D eigenvalue weighted by Gasteiger charge is -2.11. The van der Waals surface area contributed by atoms with Crippen LogP contribution in [0.4, 0.5) is 11.4 Å². The quantitative estimate of drug-likeness (QED) is 0.594. The molecule has 5 heteroatoms. The maximum Gasteiger partial charge on any atom is 0.250 e. The van der Waals surface area contributed by atoms with E-state index >= 15 is 0 Å². The second-order valence-electron chi connectivity index (χ2n) is 4.12. The maximum absolute atomic E-state index is 11.6. The summed E-state index contributed by atoms with van der Waals surface area (Å²) in [6.07, 6.45) is 0. The van der Waals surface area contributed by atoms with E-state index in [2.05, 4.69) is 5.32 Å².